The molecule has 0 amide bonds. The van der Waals surface area contributed by atoms with Crippen molar-refractivity contribution < 1.29 is 26.0 Å². The maximum absolute atomic E-state index is 13.2. The maximum Gasteiger partial charge on any atom is 0.419 e. The zero-order valence-electron chi connectivity index (χ0n) is 10.9. The fraction of sp³-hybridized carbons (Fsp3) is 0.154. The second-order valence-electron chi connectivity index (χ2n) is 4.32. The van der Waals surface area contributed by atoms with Gasteiger partial charge in [-0.05, 0) is 35.9 Å². The van der Waals surface area contributed by atoms with Gasteiger partial charge in [-0.15, -0.1) is 0 Å². The SMILES string of the molecule is O=S(=O)(NCc1ccncc1)c1ccc(F)c(C(F)(F)F)c1. The minimum atomic E-state index is -4.97. The van der Waals surface area contributed by atoms with Gasteiger partial charge >= 0.3 is 6.18 Å². The van der Waals surface area contributed by atoms with Crippen LogP contribution in [-0.4, -0.2) is 13.4 Å². The van der Waals surface area contributed by atoms with Crippen molar-refractivity contribution in [3.63, 3.8) is 0 Å². The highest BCUT2D eigenvalue weighted by atomic mass is 32.2. The van der Waals surface area contributed by atoms with Crippen molar-refractivity contribution in [3.8, 4) is 0 Å². The molecular formula is C13H10F4N2O2S. The standard InChI is InChI=1S/C13H10F4N2O2S/c14-12-2-1-10(7-11(12)13(15,16)17)22(20,21)19-8-9-3-5-18-6-4-9/h1-7,19H,8H2. The van der Waals surface area contributed by atoms with Crippen molar-refractivity contribution in [2.75, 3.05) is 0 Å². The number of nitrogens with zero attached hydrogens (tertiary/aromatic N) is 1. The molecule has 0 atom stereocenters. The second kappa shape index (κ2) is 6.01. The number of nitrogens with one attached hydrogen (secondary N) is 1. The molecule has 0 saturated carbocycles. The van der Waals surface area contributed by atoms with Crippen LogP contribution in [0.1, 0.15) is 11.1 Å². The van der Waals surface area contributed by atoms with Gasteiger partial charge in [-0.3, -0.25) is 4.98 Å². The molecule has 118 valence electrons. The first-order valence-electron chi connectivity index (χ1n) is 5.95. The predicted octanol–water partition coefficient (Wildman–Crippen LogP) is 2.72. The Balaban J connectivity index is 2.26. The third-order valence-electron chi connectivity index (χ3n) is 2.77. The number of pyridine rings is 1. The summed E-state index contributed by atoms with van der Waals surface area (Å²) in [5, 5.41) is 0. The Hall–Kier alpha value is -2.00. The lowest BCUT2D eigenvalue weighted by molar-refractivity contribution is -0.140. The summed E-state index contributed by atoms with van der Waals surface area (Å²) in [6.07, 6.45) is -2.08. The van der Waals surface area contributed by atoms with E-state index in [0.717, 1.165) is 6.07 Å². The summed E-state index contributed by atoms with van der Waals surface area (Å²) in [6, 6.07) is 4.62. The summed E-state index contributed by atoms with van der Waals surface area (Å²) in [7, 11) is -4.20. The van der Waals surface area contributed by atoms with Gasteiger partial charge in [0.05, 0.1) is 10.5 Å². The molecule has 1 aromatic carbocycles. The molecule has 9 heteroatoms. The maximum atomic E-state index is 13.2. The molecule has 0 unspecified atom stereocenters. The Morgan fingerprint density at radius 1 is 1.09 bits per heavy atom. The largest absolute Gasteiger partial charge is 0.419 e. The topological polar surface area (TPSA) is 59.1 Å². The molecule has 0 aliphatic rings. The molecule has 1 heterocycles. The molecule has 4 nitrogen and oxygen atoms in total. The molecule has 0 aliphatic heterocycles. The summed E-state index contributed by atoms with van der Waals surface area (Å²) in [6.45, 7) is -0.121. The van der Waals surface area contributed by atoms with E-state index in [1.54, 1.807) is 12.1 Å². The number of benzene rings is 1. The number of rotatable bonds is 4. The van der Waals surface area contributed by atoms with Crippen LogP contribution in [0.3, 0.4) is 0 Å². The average molecular weight is 334 g/mol. The number of sulfonamides is 1. The van der Waals surface area contributed by atoms with Crippen molar-refractivity contribution in [2.45, 2.75) is 17.6 Å². The Kier molecular flexibility index (Phi) is 4.47. The van der Waals surface area contributed by atoms with Gasteiger partial charge in [0.1, 0.15) is 5.82 Å². The summed E-state index contributed by atoms with van der Waals surface area (Å²) in [5.41, 5.74) is -1.05. The molecule has 0 aliphatic carbocycles. The molecule has 0 fully saturated rings. The van der Waals surface area contributed by atoms with Gasteiger partial charge in [-0.25, -0.2) is 17.5 Å². The van der Waals surface area contributed by atoms with Crippen LogP contribution < -0.4 is 4.72 Å². The number of hydrogen-bond acceptors (Lipinski definition) is 3. The van der Waals surface area contributed by atoms with E-state index in [2.05, 4.69) is 9.71 Å². The summed E-state index contributed by atoms with van der Waals surface area (Å²) in [4.78, 5) is 3.10. The monoisotopic (exact) mass is 334 g/mol. The lowest BCUT2D eigenvalue weighted by Gasteiger charge is -2.11. The summed E-state index contributed by atoms with van der Waals surface area (Å²) >= 11 is 0. The predicted molar refractivity (Wildman–Crippen MR) is 69.7 cm³/mol. The smallest absolute Gasteiger partial charge is 0.265 e. The normalized spacial score (nSPS) is 12.4. The highest BCUT2D eigenvalue weighted by molar-refractivity contribution is 7.89. The molecule has 2 rings (SSSR count). The Morgan fingerprint density at radius 3 is 2.32 bits per heavy atom. The highest BCUT2D eigenvalue weighted by Gasteiger charge is 2.35. The van der Waals surface area contributed by atoms with E-state index in [-0.39, 0.29) is 12.6 Å². The first-order chi connectivity index (χ1) is 10.2. The fourth-order valence-corrected chi connectivity index (χ4v) is 2.69. The minimum Gasteiger partial charge on any atom is -0.265 e. The summed E-state index contributed by atoms with van der Waals surface area (Å²) in [5.74, 6) is -1.53. The first-order valence-corrected chi connectivity index (χ1v) is 7.44. The van der Waals surface area contributed by atoms with Crippen LogP contribution in [0.25, 0.3) is 0 Å². The van der Waals surface area contributed by atoms with E-state index in [1.807, 2.05) is 0 Å². The van der Waals surface area contributed by atoms with Gasteiger partial charge in [0.2, 0.25) is 10.0 Å². The van der Waals surface area contributed by atoms with Crippen LogP contribution in [0, 0.1) is 5.82 Å². The van der Waals surface area contributed by atoms with Crippen LogP contribution in [-0.2, 0) is 22.7 Å². The van der Waals surface area contributed by atoms with Crippen LogP contribution in [0.2, 0.25) is 0 Å². The van der Waals surface area contributed by atoms with Gasteiger partial charge in [0.25, 0.3) is 0 Å². The number of hydrogen-bond donors (Lipinski definition) is 1. The second-order valence-corrected chi connectivity index (χ2v) is 6.09. The third-order valence-corrected chi connectivity index (χ3v) is 4.17. The van der Waals surface area contributed by atoms with Crippen LogP contribution >= 0.6 is 0 Å². The van der Waals surface area contributed by atoms with Crippen molar-refractivity contribution in [2.24, 2.45) is 0 Å². The molecule has 1 aromatic heterocycles. The number of aromatic nitrogens is 1. The van der Waals surface area contributed by atoms with Crippen molar-refractivity contribution in [3.05, 3.63) is 59.7 Å². The third kappa shape index (κ3) is 3.80. The zero-order valence-corrected chi connectivity index (χ0v) is 11.7. The van der Waals surface area contributed by atoms with Crippen LogP contribution in [0.5, 0.6) is 0 Å². The fourth-order valence-electron chi connectivity index (χ4n) is 1.65. The Bertz CT molecular complexity index is 761. The Labute approximate surface area is 123 Å². The van der Waals surface area contributed by atoms with E-state index in [1.165, 1.54) is 12.4 Å². The van der Waals surface area contributed by atoms with Gasteiger partial charge in [0, 0.05) is 18.9 Å². The molecule has 2 aromatic rings. The molecular weight excluding hydrogens is 324 g/mol. The van der Waals surface area contributed by atoms with Gasteiger partial charge in [0.15, 0.2) is 0 Å². The van der Waals surface area contributed by atoms with E-state index >= 15 is 0 Å². The average Bonchev–Trinajstić information content (AvgIpc) is 2.45. The van der Waals surface area contributed by atoms with Crippen molar-refractivity contribution in [1.82, 2.24) is 9.71 Å². The quantitative estimate of drug-likeness (QED) is 0.875. The minimum absolute atomic E-state index is 0.121. The molecule has 1 N–H and O–H groups in total. The van der Waals surface area contributed by atoms with Crippen molar-refractivity contribution in [1.29, 1.82) is 0 Å². The number of alkyl halides is 3. The van der Waals surface area contributed by atoms with Gasteiger partial charge in [-0.1, -0.05) is 0 Å². The van der Waals surface area contributed by atoms with E-state index in [4.69, 9.17) is 0 Å². The lowest BCUT2D eigenvalue weighted by atomic mass is 10.2. The van der Waals surface area contributed by atoms with Crippen LogP contribution in [0.15, 0.2) is 47.6 Å². The van der Waals surface area contributed by atoms with Gasteiger partial charge in [-0.2, -0.15) is 13.2 Å². The van der Waals surface area contributed by atoms with Crippen molar-refractivity contribution >= 4 is 10.0 Å². The van der Waals surface area contributed by atoms with E-state index < -0.39 is 32.5 Å². The lowest BCUT2D eigenvalue weighted by Crippen LogP contribution is -2.24. The van der Waals surface area contributed by atoms with Crippen LogP contribution in [0.4, 0.5) is 17.6 Å². The van der Waals surface area contributed by atoms with Gasteiger partial charge < -0.3 is 0 Å². The molecule has 22 heavy (non-hydrogen) atoms. The van der Waals surface area contributed by atoms with E-state index in [0.29, 0.717) is 11.6 Å². The molecule has 0 spiro atoms. The zero-order chi connectivity index (χ0) is 16.4. The first kappa shape index (κ1) is 16.4. The summed E-state index contributed by atoms with van der Waals surface area (Å²) < 4.78 is 77.1. The Morgan fingerprint density at radius 2 is 1.73 bits per heavy atom. The molecule has 0 bridgehead atoms. The van der Waals surface area contributed by atoms with E-state index in [9.17, 15) is 26.0 Å². The number of halogens is 4. The highest BCUT2D eigenvalue weighted by Crippen LogP contribution is 2.32. The molecule has 0 saturated heterocycles. The molecule has 0 radical (unpaired) electrons.